The summed E-state index contributed by atoms with van der Waals surface area (Å²) in [5, 5.41) is 7.42. The summed E-state index contributed by atoms with van der Waals surface area (Å²) in [7, 11) is 1.64. The lowest BCUT2D eigenvalue weighted by Gasteiger charge is -2.07. The van der Waals surface area contributed by atoms with Crippen LogP contribution in [0.25, 0.3) is 11.3 Å². The predicted molar refractivity (Wildman–Crippen MR) is 124 cm³/mol. The van der Waals surface area contributed by atoms with Gasteiger partial charge in [0.25, 0.3) is 5.91 Å². The van der Waals surface area contributed by atoms with E-state index in [1.54, 1.807) is 7.11 Å². The van der Waals surface area contributed by atoms with Gasteiger partial charge in [-0.3, -0.25) is 10.1 Å². The minimum Gasteiger partial charge on any atom is -0.497 e. The number of aromatic nitrogens is 2. The van der Waals surface area contributed by atoms with Crippen LogP contribution in [-0.4, -0.2) is 23.2 Å². The second-order valence-corrected chi connectivity index (χ2v) is 9.05. The lowest BCUT2D eigenvalue weighted by molar-refractivity contribution is 0.102. The van der Waals surface area contributed by atoms with Crippen molar-refractivity contribution in [2.24, 2.45) is 0 Å². The van der Waals surface area contributed by atoms with E-state index in [9.17, 15) is 4.79 Å². The second-order valence-electron chi connectivity index (χ2n) is 6.83. The van der Waals surface area contributed by atoms with Crippen molar-refractivity contribution < 1.29 is 14.1 Å². The van der Waals surface area contributed by atoms with Gasteiger partial charge in [0.2, 0.25) is 0 Å². The van der Waals surface area contributed by atoms with Crippen LogP contribution >= 0.6 is 23.1 Å². The molecular formula is C23H21N3O3S2. The number of anilines is 1. The molecule has 0 atom stereocenters. The van der Waals surface area contributed by atoms with Gasteiger partial charge in [-0.25, -0.2) is 4.98 Å². The van der Waals surface area contributed by atoms with E-state index in [4.69, 9.17) is 9.26 Å². The first kappa shape index (κ1) is 21.1. The Labute approximate surface area is 188 Å². The molecule has 2 aromatic heterocycles. The Morgan fingerprint density at radius 2 is 1.94 bits per heavy atom. The first-order valence-corrected chi connectivity index (χ1v) is 11.4. The molecule has 8 heteroatoms. The molecule has 0 aliphatic carbocycles. The Morgan fingerprint density at radius 1 is 1.16 bits per heavy atom. The summed E-state index contributed by atoms with van der Waals surface area (Å²) in [5.41, 5.74) is 3.27. The van der Waals surface area contributed by atoms with E-state index in [-0.39, 0.29) is 5.91 Å². The van der Waals surface area contributed by atoms with Gasteiger partial charge in [-0.15, -0.1) is 23.1 Å². The van der Waals surface area contributed by atoms with Gasteiger partial charge < -0.3 is 9.26 Å². The van der Waals surface area contributed by atoms with Crippen LogP contribution in [0.3, 0.4) is 0 Å². The largest absolute Gasteiger partial charge is 0.497 e. The molecule has 0 fully saturated rings. The number of rotatable bonds is 7. The monoisotopic (exact) mass is 451 g/mol. The summed E-state index contributed by atoms with van der Waals surface area (Å²) >= 11 is 2.99. The van der Waals surface area contributed by atoms with E-state index in [2.05, 4.69) is 15.5 Å². The first-order valence-electron chi connectivity index (χ1n) is 9.60. The van der Waals surface area contributed by atoms with Crippen molar-refractivity contribution in [2.45, 2.75) is 24.5 Å². The minimum absolute atomic E-state index is 0.188. The Bertz CT molecular complexity index is 1200. The van der Waals surface area contributed by atoms with Crippen LogP contribution in [-0.2, 0) is 5.75 Å². The van der Waals surface area contributed by atoms with Gasteiger partial charge in [0, 0.05) is 21.4 Å². The number of ether oxygens (including phenoxy) is 1. The van der Waals surface area contributed by atoms with Gasteiger partial charge >= 0.3 is 0 Å². The van der Waals surface area contributed by atoms with E-state index in [0.29, 0.717) is 16.4 Å². The summed E-state index contributed by atoms with van der Waals surface area (Å²) in [6.45, 7) is 3.88. The highest BCUT2D eigenvalue weighted by molar-refractivity contribution is 7.98. The zero-order chi connectivity index (χ0) is 21.8. The number of benzene rings is 2. The van der Waals surface area contributed by atoms with E-state index in [1.165, 1.54) is 23.1 Å². The van der Waals surface area contributed by atoms with Gasteiger partial charge in [-0.05, 0) is 50.2 Å². The Balaban J connectivity index is 1.49. The van der Waals surface area contributed by atoms with Crippen molar-refractivity contribution in [3.63, 3.8) is 0 Å². The maximum atomic E-state index is 13.0. The van der Waals surface area contributed by atoms with E-state index in [1.807, 2.05) is 68.4 Å². The lowest BCUT2D eigenvalue weighted by Crippen LogP contribution is -2.12. The summed E-state index contributed by atoms with van der Waals surface area (Å²) in [6.07, 6.45) is 0. The van der Waals surface area contributed by atoms with Gasteiger partial charge in [-0.2, -0.15) is 0 Å². The third kappa shape index (κ3) is 4.98. The predicted octanol–water partition coefficient (Wildman–Crippen LogP) is 5.97. The molecule has 2 aromatic carbocycles. The number of amides is 1. The fourth-order valence-electron chi connectivity index (χ4n) is 3.04. The molecule has 0 spiro atoms. The lowest BCUT2D eigenvalue weighted by atomic mass is 10.1. The van der Waals surface area contributed by atoms with Crippen molar-refractivity contribution in [3.05, 3.63) is 76.5 Å². The molecule has 2 heterocycles. The molecule has 0 saturated heterocycles. The van der Waals surface area contributed by atoms with E-state index >= 15 is 0 Å². The summed E-state index contributed by atoms with van der Waals surface area (Å²) < 4.78 is 10.5. The number of methoxy groups -OCH3 is 1. The highest BCUT2D eigenvalue weighted by atomic mass is 32.2. The normalized spacial score (nSPS) is 10.8. The average Bonchev–Trinajstić information content (AvgIpc) is 3.37. The summed E-state index contributed by atoms with van der Waals surface area (Å²) in [6, 6.07) is 17.1. The number of nitrogens with zero attached hydrogens (tertiary/aromatic N) is 2. The fraction of sp³-hybridized carbons (Fsp3) is 0.174. The van der Waals surface area contributed by atoms with Gasteiger partial charge in [-0.1, -0.05) is 17.3 Å². The molecule has 0 aliphatic rings. The number of thiazole rings is 1. The molecule has 0 unspecified atom stereocenters. The standard InChI is InChI=1S/C23H21N3O3S2/c1-14-12-18(29-26-14)13-30-20-7-5-4-6-19(20)22(27)25-23-24-21(15(2)31-23)16-8-10-17(28-3)11-9-16/h4-12H,13H2,1-3H3,(H,24,25,27). The quantitative estimate of drug-likeness (QED) is 0.349. The maximum Gasteiger partial charge on any atom is 0.258 e. The third-order valence-corrected chi connectivity index (χ3v) is 6.54. The number of aryl methyl sites for hydroxylation is 2. The number of nitrogens with one attached hydrogen (secondary N) is 1. The van der Waals surface area contributed by atoms with Crippen molar-refractivity contribution in [1.29, 1.82) is 0 Å². The zero-order valence-corrected chi connectivity index (χ0v) is 19.0. The smallest absolute Gasteiger partial charge is 0.258 e. The highest BCUT2D eigenvalue weighted by Gasteiger charge is 2.16. The van der Waals surface area contributed by atoms with Crippen molar-refractivity contribution >= 4 is 34.1 Å². The molecule has 0 saturated carbocycles. The Morgan fingerprint density at radius 3 is 2.65 bits per heavy atom. The number of hydrogen-bond donors (Lipinski definition) is 1. The van der Waals surface area contributed by atoms with Crippen LogP contribution in [0.4, 0.5) is 5.13 Å². The van der Waals surface area contributed by atoms with Gasteiger partial charge in [0.1, 0.15) is 11.5 Å². The van der Waals surface area contributed by atoms with Crippen LogP contribution in [0.2, 0.25) is 0 Å². The number of thioether (sulfide) groups is 1. The van der Waals surface area contributed by atoms with Crippen LogP contribution in [0.1, 0.15) is 26.7 Å². The average molecular weight is 452 g/mol. The second kappa shape index (κ2) is 9.36. The van der Waals surface area contributed by atoms with Crippen LogP contribution in [0.5, 0.6) is 5.75 Å². The first-order chi connectivity index (χ1) is 15.0. The van der Waals surface area contributed by atoms with Gasteiger partial charge in [0.05, 0.1) is 29.8 Å². The van der Waals surface area contributed by atoms with E-state index < -0.39 is 0 Å². The minimum atomic E-state index is -0.188. The third-order valence-electron chi connectivity index (χ3n) is 4.56. The topological polar surface area (TPSA) is 77.2 Å². The SMILES string of the molecule is COc1ccc(-c2nc(NC(=O)c3ccccc3SCc3cc(C)no3)sc2C)cc1. The number of carbonyl (C=O) groups excluding carboxylic acids is 1. The summed E-state index contributed by atoms with van der Waals surface area (Å²) in [5.74, 6) is 1.98. The summed E-state index contributed by atoms with van der Waals surface area (Å²) in [4.78, 5) is 19.5. The van der Waals surface area contributed by atoms with Crippen molar-refractivity contribution in [3.8, 4) is 17.0 Å². The van der Waals surface area contributed by atoms with E-state index in [0.717, 1.165) is 38.2 Å². The molecule has 0 bridgehead atoms. The Kier molecular flexibility index (Phi) is 6.39. The maximum absolute atomic E-state index is 13.0. The molecule has 0 radical (unpaired) electrons. The molecular weight excluding hydrogens is 430 g/mol. The Hall–Kier alpha value is -3.10. The van der Waals surface area contributed by atoms with Crippen LogP contribution < -0.4 is 10.1 Å². The number of hydrogen-bond acceptors (Lipinski definition) is 7. The molecule has 4 aromatic rings. The van der Waals surface area contributed by atoms with Gasteiger partial charge in [0.15, 0.2) is 5.13 Å². The molecule has 1 N–H and O–H groups in total. The van der Waals surface area contributed by atoms with Crippen molar-refractivity contribution in [2.75, 3.05) is 12.4 Å². The van der Waals surface area contributed by atoms with Crippen molar-refractivity contribution in [1.82, 2.24) is 10.1 Å². The highest BCUT2D eigenvalue weighted by Crippen LogP contribution is 2.32. The fourth-order valence-corrected chi connectivity index (χ4v) is 4.80. The molecule has 31 heavy (non-hydrogen) atoms. The number of carbonyl (C=O) groups is 1. The van der Waals surface area contributed by atoms with Crippen LogP contribution in [0, 0.1) is 13.8 Å². The molecule has 158 valence electrons. The molecule has 1 amide bonds. The van der Waals surface area contributed by atoms with Crippen LogP contribution in [0.15, 0.2) is 64.0 Å². The molecule has 6 nitrogen and oxygen atoms in total. The zero-order valence-electron chi connectivity index (χ0n) is 17.3. The molecule has 0 aliphatic heterocycles. The molecule has 4 rings (SSSR count).